The van der Waals surface area contributed by atoms with Crippen molar-refractivity contribution in [1.29, 1.82) is 0 Å². The molecule has 3 aromatic rings. The number of carbonyl (C=O) groups is 1. The van der Waals surface area contributed by atoms with Crippen molar-refractivity contribution >= 4 is 11.6 Å². The van der Waals surface area contributed by atoms with E-state index in [1.54, 1.807) is 6.20 Å². The Morgan fingerprint density at radius 2 is 1.69 bits per heavy atom. The Balaban J connectivity index is 1.35. The van der Waals surface area contributed by atoms with Crippen LogP contribution in [0.25, 0.3) is 11.1 Å². The number of piperazine rings is 1. The highest BCUT2D eigenvalue weighted by Crippen LogP contribution is 2.27. The lowest BCUT2D eigenvalue weighted by Crippen LogP contribution is -2.46. The molecule has 2 aromatic carbocycles. The summed E-state index contributed by atoms with van der Waals surface area (Å²) >= 11 is 0. The number of nitrogens with one attached hydrogen (secondary N) is 1. The number of ether oxygens (including phenoxy) is 1. The van der Waals surface area contributed by atoms with E-state index in [9.17, 15) is 4.79 Å². The Morgan fingerprint density at radius 3 is 2.39 bits per heavy atom. The Bertz CT molecular complexity index is 1140. The summed E-state index contributed by atoms with van der Waals surface area (Å²) in [5, 5.41) is 2.94. The molecule has 190 valence electrons. The van der Waals surface area contributed by atoms with Crippen LogP contribution in [-0.2, 0) is 13.0 Å². The number of amides is 1. The van der Waals surface area contributed by atoms with Crippen molar-refractivity contribution in [2.45, 2.75) is 40.2 Å². The number of anilines is 1. The average Bonchev–Trinajstić information content (AvgIpc) is 2.93. The molecule has 4 rings (SSSR count). The Labute approximate surface area is 215 Å². The maximum absolute atomic E-state index is 12.2. The summed E-state index contributed by atoms with van der Waals surface area (Å²) < 4.78 is 5.63. The fraction of sp³-hybridized carbons (Fsp3) is 0.400. The lowest BCUT2D eigenvalue weighted by atomic mass is 9.98. The van der Waals surface area contributed by atoms with Gasteiger partial charge >= 0.3 is 0 Å². The number of pyridine rings is 1. The molecule has 0 saturated carbocycles. The molecule has 2 heterocycles. The van der Waals surface area contributed by atoms with Gasteiger partial charge in [-0.3, -0.25) is 14.7 Å². The topological polar surface area (TPSA) is 57.7 Å². The van der Waals surface area contributed by atoms with Crippen LogP contribution in [-0.4, -0.2) is 55.1 Å². The monoisotopic (exact) mass is 486 g/mol. The molecule has 1 amide bonds. The first kappa shape index (κ1) is 25.7. The fourth-order valence-corrected chi connectivity index (χ4v) is 4.68. The summed E-state index contributed by atoms with van der Waals surface area (Å²) in [7, 11) is 0. The van der Waals surface area contributed by atoms with Crippen molar-refractivity contribution in [2.75, 3.05) is 44.2 Å². The second-order valence-corrected chi connectivity index (χ2v) is 9.25. The Kier molecular flexibility index (Phi) is 8.95. The van der Waals surface area contributed by atoms with Crippen LogP contribution in [0.5, 0.6) is 5.75 Å². The van der Waals surface area contributed by atoms with E-state index < -0.39 is 0 Å². The molecule has 1 saturated heterocycles. The molecule has 1 fully saturated rings. The van der Waals surface area contributed by atoms with Crippen LogP contribution in [0.1, 0.15) is 48.7 Å². The van der Waals surface area contributed by atoms with Crippen LogP contribution in [0, 0.1) is 0 Å². The first-order valence-electron chi connectivity index (χ1n) is 13.2. The molecule has 36 heavy (non-hydrogen) atoms. The predicted molar refractivity (Wildman–Crippen MR) is 147 cm³/mol. The number of nitrogens with zero attached hydrogens (tertiary/aromatic N) is 3. The lowest BCUT2D eigenvalue weighted by molar-refractivity contribution is 0.0953. The standard InChI is InChI=1S/C30H38N4O2/c1-4-13-32-30(35)24-9-11-28(12-10-24)34-16-14-33(15-17-34)22-26-8-7-25(18-23(26)5-2)27-19-29(36-6-3)21-31-20-27/h7-12,18-21H,4-6,13-17,22H2,1-3H3,(H,32,35). The van der Waals surface area contributed by atoms with Gasteiger partial charge in [0.25, 0.3) is 5.91 Å². The van der Waals surface area contributed by atoms with E-state index in [1.165, 1.54) is 22.4 Å². The van der Waals surface area contributed by atoms with Crippen LogP contribution in [0.15, 0.2) is 60.9 Å². The minimum atomic E-state index is 0.00391. The highest BCUT2D eigenvalue weighted by Gasteiger charge is 2.19. The minimum Gasteiger partial charge on any atom is -0.492 e. The highest BCUT2D eigenvalue weighted by molar-refractivity contribution is 5.94. The van der Waals surface area contributed by atoms with E-state index in [0.717, 1.165) is 62.4 Å². The van der Waals surface area contributed by atoms with Crippen molar-refractivity contribution in [1.82, 2.24) is 15.2 Å². The molecule has 1 aliphatic heterocycles. The summed E-state index contributed by atoms with van der Waals surface area (Å²) in [6.45, 7) is 12.6. The maximum Gasteiger partial charge on any atom is 0.251 e. The third-order valence-electron chi connectivity index (χ3n) is 6.74. The average molecular weight is 487 g/mol. The number of carbonyl (C=O) groups excluding carboxylic acids is 1. The second-order valence-electron chi connectivity index (χ2n) is 9.25. The van der Waals surface area contributed by atoms with Gasteiger partial charge in [-0.2, -0.15) is 0 Å². The van der Waals surface area contributed by atoms with Gasteiger partial charge in [0.2, 0.25) is 0 Å². The van der Waals surface area contributed by atoms with Crippen molar-refractivity contribution in [3.63, 3.8) is 0 Å². The number of aromatic nitrogens is 1. The zero-order valence-electron chi connectivity index (χ0n) is 21.8. The van der Waals surface area contributed by atoms with E-state index >= 15 is 0 Å². The van der Waals surface area contributed by atoms with Crippen molar-refractivity contribution < 1.29 is 9.53 Å². The quantitative estimate of drug-likeness (QED) is 0.428. The molecule has 0 bridgehead atoms. The molecule has 1 aromatic heterocycles. The molecule has 1 N–H and O–H groups in total. The second kappa shape index (κ2) is 12.5. The van der Waals surface area contributed by atoms with Gasteiger partial charge in [-0.15, -0.1) is 0 Å². The third kappa shape index (κ3) is 6.43. The van der Waals surface area contributed by atoms with Gasteiger partial charge in [0.05, 0.1) is 12.8 Å². The van der Waals surface area contributed by atoms with Gasteiger partial charge in [-0.1, -0.05) is 32.0 Å². The van der Waals surface area contributed by atoms with Crippen LogP contribution in [0.3, 0.4) is 0 Å². The first-order chi connectivity index (χ1) is 17.6. The van der Waals surface area contributed by atoms with Gasteiger partial charge in [0, 0.05) is 62.3 Å². The Morgan fingerprint density at radius 1 is 0.917 bits per heavy atom. The zero-order valence-corrected chi connectivity index (χ0v) is 21.8. The summed E-state index contributed by atoms with van der Waals surface area (Å²) in [5.74, 6) is 0.814. The number of aryl methyl sites for hydroxylation is 1. The maximum atomic E-state index is 12.2. The van der Waals surface area contributed by atoms with Gasteiger partial charge in [0.1, 0.15) is 5.75 Å². The summed E-state index contributed by atoms with van der Waals surface area (Å²) in [5.41, 5.74) is 6.95. The third-order valence-corrected chi connectivity index (χ3v) is 6.74. The van der Waals surface area contributed by atoms with Crippen LogP contribution in [0.4, 0.5) is 5.69 Å². The van der Waals surface area contributed by atoms with Crippen LogP contribution < -0.4 is 15.0 Å². The molecular formula is C30H38N4O2. The van der Waals surface area contributed by atoms with E-state index in [4.69, 9.17) is 4.74 Å². The number of benzene rings is 2. The van der Waals surface area contributed by atoms with E-state index in [1.807, 2.05) is 25.3 Å². The van der Waals surface area contributed by atoms with Crippen molar-refractivity contribution in [3.8, 4) is 16.9 Å². The van der Waals surface area contributed by atoms with E-state index in [0.29, 0.717) is 13.2 Å². The predicted octanol–water partition coefficient (Wildman–Crippen LogP) is 5.17. The molecule has 0 spiro atoms. The zero-order chi connectivity index (χ0) is 25.3. The molecule has 1 aliphatic rings. The first-order valence-corrected chi connectivity index (χ1v) is 13.2. The Hall–Kier alpha value is -3.38. The SMILES string of the molecule is CCCNC(=O)c1ccc(N2CCN(Cc3ccc(-c4cncc(OCC)c4)cc3CC)CC2)cc1. The molecule has 0 aliphatic carbocycles. The van der Waals surface area contributed by atoms with Gasteiger partial charge < -0.3 is 15.0 Å². The molecule has 6 nitrogen and oxygen atoms in total. The molecule has 6 heteroatoms. The van der Waals surface area contributed by atoms with Gasteiger partial charge in [-0.25, -0.2) is 0 Å². The molecule has 0 unspecified atom stereocenters. The number of hydrogen-bond donors (Lipinski definition) is 1. The van der Waals surface area contributed by atoms with Crippen molar-refractivity contribution in [2.24, 2.45) is 0 Å². The largest absolute Gasteiger partial charge is 0.492 e. The number of hydrogen-bond acceptors (Lipinski definition) is 5. The van der Waals surface area contributed by atoms with E-state index in [-0.39, 0.29) is 5.91 Å². The summed E-state index contributed by atoms with van der Waals surface area (Å²) in [6.07, 6.45) is 5.61. The smallest absolute Gasteiger partial charge is 0.251 e. The summed E-state index contributed by atoms with van der Waals surface area (Å²) in [6, 6.07) is 16.8. The fourth-order valence-electron chi connectivity index (χ4n) is 4.68. The van der Waals surface area contributed by atoms with Gasteiger partial charge in [-0.05, 0) is 66.8 Å². The van der Waals surface area contributed by atoms with Crippen LogP contribution >= 0.6 is 0 Å². The highest BCUT2D eigenvalue weighted by atomic mass is 16.5. The van der Waals surface area contributed by atoms with Crippen molar-refractivity contribution in [3.05, 3.63) is 77.6 Å². The molecule has 0 radical (unpaired) electrons. The van der Waals surface area contributed by atoms with Crippen LogP contribution in [0.2, 0.25) is 0 Å². The molecular weight excluding hydrogens is 448 g/mol. The normalized spacial score (nSPS) is 14.0. The summed E-state index contributed by atoms with van der Waals surface area (Å²) in [4.78, 5) is 21.5. The van der Waals surface area contributed by atoms with E-state index in [2.05, 4.69) is 70.3 Å². The molecule has 0 atom stereocenters. The number of rotatable bonds is 10. The van der Waals surface area contributed by atoms with Gasteiger partial charge in [0.15, 0.2) is 0 Å². The minimum absolute atomic E-state index is 0.00391. The lowest BCUT2D eigenvalue weighted by Gasteiger charge is -2.36.